The summed E-state index contributed by atoms with van der Waals surface area (Å²) in [7, 11) is 4.31. The maximum absolute atomic E-state index is 6.26. The smallest absolute Gasteiger partial charge is 0.0359 e. The zero-order chi connectivity index (χ0) is 16.0. The molecule has 1 heterocycles. The standard InChI is InChI=1S/C17H38N4/c1-7-21(16(4)13-19(5)6)17(14-18)8-10-20(11-9-17)12-15(2)3/h15-16H,7-14,18H2,1-6H3. The van der Waals surface area contributed by atoms with Crippen LogP contribution < -0.4 is 5.73 Å². The van der Waals surface area contributed by atoms with Gasteiger partial charge in [-0.1, -0.05) is 20.8 Å². The fourth-order valence-corrected chi connectivity index (χ4v) is 4.02. The molecule has 1 aliphatic heterocycles. The number of hydrogen-bond donors (Lipinski definition) is 1. The average molecular weight is 299 g/mol. The van der Waals surface area contributed by atoms with E-state index in [1.54, 1.807) is 0 Å². The molecular formula is C17H38N4. The van der Waals surface area contributed by atoms with Gasteiger partial charge >= 0.3 is 0 Å². The van der Waals surface area contributed by atoms with Crippen LogP contribution in [0.15, 0.2) is 0 Å². The number of nitrogens with zero attached hydrogens (tertiary/aromatic N) is 3. The van der Waals surface area contributed by atoms with Crippen molar-refractivity contribution in [2.75, 3.05) is 53.4 Å². The van der Waals surface area contributed by atoms with Crippen molar-refractivity contribution in [3.8, 4) is 0 Å². The molecule has 126 valence electrons. The highest BCUT2D eigenvalue weighted by Gasteiger charge is 2.40. The molecule has 21 heavy (non-hydrogen) atoms. The lowest BCUT2D eigenvalue weighted by molar-refractivity contribution is -0.00341. The molecule has 0 aromatic carbocycles. The Kier molecular flexibility index (Phi) is 7.62. The molecule has 0 aromatic heterocycles. The summed E-state index contributed by atoms with van der Waals surface area (Å²) in [6, 6.07) is 0.560. The molecule has 1 atom stereocenters. The summed E-state index contributed by atoms with van der Waals surface area (Å²) in [6.45, 7) is 15.8. The first-order valence-electron chi connectivity index (χ1n) is 8.68. The quantitative estimate of drug-likeness (QED) is 0.740. The third-order valence-corrected chi connectivity index (χ3v) is 4.90. The van der Waals surface area contributed by atoms with Gasteiger partial charge in [-0.3, -0.25) is 4.90 Å². The lowest BCUT2D eigenvalue weighted by atomic mass is 9.84. The summed E-state index contributed by atoms with van der Waals surface area (Å²) >= 11 is 0. The molecule has 1 aliphatic rings. The highest BCUT2D eigenvalue weighted by Crippen LogP contribution is 2.30. The molecule has 1 unspecified atom stereocenters. The molecule has 0 saturated carbocycles. The minimum atomic E-state index is 0.206. The van der Waals surface area contributed by atoms with Gasteiger partial charge in [0.25, 0.3) is 0 Å². The Balaban J connectivity index is 2.71. The molecule has 0 amide bonds. The van der Waals surface area contributed by atoms with Gasteiger partial charge < -0.3 is 15.5 Å². The van der Waals surface area contributed by atoms with Crippen molar-refractivity contribution in [1.29, 1.82) is 0 Å². The lowest BCUT2D eigenvalue weighted by Gasteiger charge is -2.51. The van der Waals surface area contributed by atoms with E-state index in [9.17, 15) is 0 Å². The van der Waals surface area contributed by atoms with Crippen LogP contribution in [0.2, 0.25) is 0 Å². The van der Waals surface area contributed by atoms with Crippen molar-refractivity contribution < 1.29 is 0 Å². The van der Waals surface area contributed by atoms with Crippen LogP contribution in [0.4, 0.5) is 0 Å². The van der Waals surface area contributed by atoms with Gasteiger partial charge in [-0.2, -0.15) is 0 Å². The molecular weight excluding hydrogens is 260 g/mol. The minimum absolute atomic E-state index is 0.206. The highest BCUT2D eigenvalue weighted by molar-refractivity contribution is 4.98. The van der Waals surface area contributed by atoms with E-state index in [-0.39, 0.29) is 5.54 Å². The Hall–Kier alpha value is -0.160. The van der Waals surface area contributed by atoms with E-state index >= 15 is 0 Å². The van der Waals surface area contributed by atoms with Gasteiger partial charge in [0.05, 0.1) is 0 Å². The molecule has 0 radical (unpaired) electrons. The number of likely N-dealkylation sites (N-methyl/N-ethyl adjacent to an activating group) is 2. The molecule has 0 aromatic rings. The topological polar surface area (TPSA) is 35.7 Å². The van der Waals surface area contributed by atoms with Crippen molar-refractivity contribution in [2.45, 2.75) is 52.1 Å². The monoisotopic (exact) mass is 298 g/mol. The van der Waals surface area contributed by atoms with Crippen LogP contribution in [0, 0.1) is 5.92 Å². The van der Waals surface area contributed by atoms with E-state index in [0.717, 1.165) is 25.6 Å². The SMILES string of the molecule is CCN(C(C)CN(C)C)C1(CN)CCN(CC(C)C)CC1. The molecule has 1 saturated heterocycles. The third kappa shape index (κ3) is 5.20. The van der Waals surface area contributed by atoms with Crippen LogP contribution >= 0.6 is 0 Å². The van der Waals surface area contributed by atoms with E-state index in [4.69, 9.17) is 5.73 Å². The van der Waals surface area contributed by atoms with Crippen molar-refractivity contribution in [3.63, 3.8) is 0 Å². The van der Waals surface area contributed by atoms with Crippen molar-refractivity contribution in [1.82, 2.24) is 14.7 Å². The Morgan fingerprint density at radius 2 is 1.71 bits per heavy atom. The predicted octanol–water partition coefficient (Wildman–Crippen LogP) is 1.71. The van der Waals surface area contributed by atoms with Crippen molar-refractivity contribution in [3.05, 3.63) is 0 Å². The minimum Gasteiger partial charge on any atom is -0.329 e. The van der Waals surface area contributed by atoms with E-state index in [1.165, 1.54) is 32.5 Å². The molecule has 0 aliphatic carbocycles. The van der Waals surface area contributed by atoms with Crippen molar-refractivity contribution >= 4 is 0 Å². The van der Waals surface area contributed by atoms with Gasteiger partial charge in [-0.05, 0) is 59.4 Å². The number of hydrogen-bond acceptors (Lipinski definition) is 4. The maximum Gasteiger partial charge on any atom is 0.0359 e. The summed E-state index contributed by atoms with van der Waals surface area (Å²) in [4.78, 5) is 7.56. The second-order valence-corrected chi connectivity index (χ2v) is 7.52. The van der Waals surface area contributed by atoms with Gasteiger partial charge in [0.1, 0.15) is 0 Å². The van der Waals surface area contributed by atoms with Crippen molar-refractivity contribution in [2.24, 2.45) is 11.7 Å². The van der Waals surface area contributed by atoms with E-state index in [0.29, 0.717) is 6.04 Å². The first kappa shape index (κ1) is 18.9. The summed E-state index contributed by atoms with van der Waals surface area (Å²) in [5.74, 6) is 0.755. The maximum atomic E-state index is 6.26. The highest BCUT2D eigenvalue weighted by atomic mass is 15.3. The summed E-state index contributed by atoms with van der Waals surface area (Å²) in [5.41, 5.74) is 6.46. The van der Waals surface area contributed by atoms with E-state index in [2.05, 4.69) is 56.5 Å². The fourth-order valence-electron chi connectivity index (χ4n) is 4.02. The molecule has 1 rings (SSSR count). The largest absolute Gasteiger partial charge is 0.329 e. The zero-order valence-electron chi connectivity index (χ0n) is 15.2. The van der Waals surface area contributed by atoms with E-state index < -0.39 is 0 Å². The zero-order valence-corrected chi connectivity index (χ0v) is 15.2. The molecule has 0 bridgehead atoms. The van der Waals surface area contributed by atoms with Crippen LogP contribution in [-0.4, -0.2) is 79.6 Å². The fraction of sp³-hybridized carbons (Fsp3) is 1.00. The van der Waals surface area contributed by atoms with Gasteiger partial charge in [-0.15, -0.1) is 0 Å². The normalized spacial score (nSPS) is 21.4. The molecule has 4 heteroatoms. The summed E-state index contributed by atoms with van der Waals surface area (Å²) in [6.07, 6.45) is 2.42. The van der Waals surface area contributed by atoms with Crippen LogP contribution in [-0.2, 0) is 0 Å². The Bertz CT molecular complexity index is 283. The number of piperidine rings is 1. The third-order valence-electron chi connectivity index (χ3n) is 4.90. The molecule has 4 nitrogen and oxygen atoms in total. The van der Waals surface area contributed by atoms with Gasteiger partial charge in [0, 0.05) is 31.2 Å². The number of rotatable bonds is 8. The summed E-state index contributed by atoms with van der Waals surface area (Å²) in [5, 5.41) is 0. The van der Waals surface area contributed by atoms with Crippen LogP contribution in [0.3, 0.4) is 0 Å². The Morgan fingerprint density at radius 3 is 2.10 bits per heavy atom. The first-order chi connectivity index (χ1) is 9.84. The van der Waals surface area contributed by atoms with Crippen LogP contribution in [0.1, 0.15) is 40.5 Å². The second-order valence-electron chi connectivity index (χ2n) is 7.52. The first-order valence-corrected chi connectivity index (χ1v) is 8.68. The van der Waals surface area contributed by atoms with Gasteiger partial charge in [0.2, 0.25) is 0 Å². The van der Waals surface area contributed by atoms with Crippen LogP contribution in [0.5, 0.6) is 0 Å². The molecule has 2 N–H and O–H groups in total. The van der Waals surface area contributed by atoms with E-state index in [1.807, 2.05) is 0 Å². The van der Waals surface area contributed by atoms with Crippen LogP contribution in [0.25, 0.3) is 0 Å². The lowest BCUT2D eigenvalue weighted by Crippen LogP contribution is -2.63. The average Bonchev–Trinajstić information content (AvgIpc) is 2.40. The van der Waals surface area contributed by atoms with Gasteiger partial charge in [-0.25, -0.2) is 0 Å². The molecule has 0 spiro atoms. The Labute approximate surface area is 132 Å². The Morgan fingerprint density at radius 1 is 1.14 bits per heavy atom. The predicted molar refractivity (Wildman–Crippen MR) is 92.7 cm³/mol. The number of likely N-dealkylation sites (tertiary alicyclic amines) is 1. The molecule has 1 fully saturated rings. The second kappa shape index (κ2) is 8.47. The summed E-state index contributed by atoms with van der Waals surface area (Å²) < 4.78 is 0. The number of nitrogens with two attached hydrogens (primary N) is 1. The van der Waals surface area contributed by atoms with Gasteiger partial charge in [0.15, 0.2) is 0 Å².